The third-order valence-corrected chi connectivity index (χ3v) is 10.2. The summed E-state index contributed by atoms with van der Waals surface area (Å²) in [5.74, 6) is 2.11. The van der Waals surface area contributed by atoms with E-state index >= 15 is 0 Å². The number of carbonyl (C=O) groups is 1. The molecule has 0 aromatic carbocycles. The number of allylic oxidation sites excluding steroid dienone is 2. The van der Waals surface area contributed by atoms with Crippen LogP contribution >= 0.6 is 0 Å². The Morgan fingerprint density at radius 2 is 1.90 bits per heavy atom. The smallest absolute Gasteiger partial charge is 0.327 e. The first-order chi connectivity index (χ1) is 14.3. The highest BCUT2D eigenvalue weighted by atomic mass is 16.7. The Hall–Kier alpha value is -1.13. The average Bonchev–Trinajstić information content (AvgIpc) is 3.31. The van der Waals surface area contributed by atoms with Crippen LogP contribution in [0, 0.1) is 40.4 Å². The van der Waals surface area contributed by atoms with E-state index in [1.165, 1.54) is 44.6 Å². The molecule has 1 spiro atoms. The van der Waals surface area contributed by atoms with Gasteiger partial charge in [0, 0.05) is 18.9 Å². The lowest BCUT2D eigenvalue weighted by atomic mass is 9.46. The largest absolute Gasteiger partial charge is 0.478 e. The van der Waals surface area contributed by atoms with Gasteiger partial charge in [-0.15, -0.1) is 0 Å². The minimum Gasteiger partial charge on any atom is -0.478 e. The van der Waals surface area contributed by atoms with Gasteiger partial charge in [0.15, 0.2) is 5.79 Å². The minimum atomic E-state index is -0.826. The van der Waals surface area contributed by atoms with E-state index in [9.17, 15) is 4.79 Å². The number of hydrogen-bond acceptors (Lipinski definition) is 3. The Kier molecular flexibility index (Phi) is 4.98. The van der Waals surface area contributed by atoms with Gasteiger partial charge >= 0.3 is 5.97 Å². The summed E-state index contributed by atoms with van der Waals surface area (Å²) >= 11 is 0. The SMILES string of the molecule is C[C@H](/C=C/C(=O)O)C1CCC2C3CC=C4CC5(CC[C@]4(C)C3CC[C@@]21C)OCCO5. The van der Waals surface area contributed by atoms with Gasteiger partial charge in [0.05, 0.1) is 13.2 Å². The summed E-state index contributed by atoms with van der Waals surface area (Å²) in [6.07, 6.45) is 15.4. The van der Waals surface area contributed by atoms with Crippen LogP contribution in [0.1, 0.15) is 72.1 Å². The molecule has 4 nitrogen and oxygen atoms in total. The van der Waals surface area contributed by atoms with Crippen molar-refractivity contribution in [1.82, 2.24) is 0 Å². The normalized spacial score (nSPS) is 45.6. The van der Waals surface area contributed by atoms with Crippen molar-refractivity contribution in [1.29, 1.82) is 0 Å². The van der Waals surface area contributed by atoms with Crippen molar-refractivity contribution in [2.45, 2.75) is 77.9 Å². The molecule has 3 saturated carbocycles. The van der Waals surface area contributed by atoms with Gasteiger partial charge in [-0.2, -0.15) is 0 Å². The molecule has 0 aromatic heterocycles. The summed E-state index contributed by atoms with van der Waals surface area (Å²) in [7, 11) is 0. The first-order valence-electron chi connectivity index (χ1n) is 12.2. The molecule has 1 aliphatic heterocycles. The van der Waals surface area contributed by atoms with E-state index in [2.05, 4.69) is 26.8 Å². The van der Waals surface area contributed by atoms with E-state index in [-0.39, 0.29) is 5.79 Å². The minimum absolute atomic E-state index is 0.303. The molecule has 0 aromatic rings. The van der Waals surface area contributed by atoms with Crippen LogP contribution in [-0.2, 0) is 14.3 Å². The summed E-state index contributed by atoms with van der Waals surface area (Å²) in [5.41, 5.74) is 2.25. The summed E-state index contributed by atoms with van der Waals surface area (Å²) in [4.78, 5) is 11.0. The maximum absolute atomic E-state index is 11.0. The average molecular weight is 415 g/mol. The molecule has 5 aliphatic rings. The first-order valence-corrected chi connectivity index (χ1v) is 12.2. The number of rotatable bonds is 3. The highest BCUT2D eigenvalue weighted by molar-refractivity contribution is 5.79. The van der Waals surface area contributed by atoms with E-state index in [0.29, 0.717) is 22.7 Å². The van der Waals surface area contributed by atoms with Gasteiger partial charge < -0.3 is 14.6 Å². The van der Waals surface area contributed by atoms with E-state index in [1.54, 1.807) is 5.57 Å². The fourth-order valence-electron chi connectivity index (χ4n) is 8.62. The van der Waals surface area contributed by atoms with Gasteiger partial charge in [0.25, 0.3) is 0 Å². The van der Waals surface area contributed by atoms with Gasteiger partial charge in [0.1, 0.15) is 0 Å². The molecular weight excluding hydrogens is 376 g/mol. The van der Waals surface area contributed by atoms with Crippen molar-refractivity contribution in [2.75, 3.05) is 13.2 Å². The number of carboxylic acids is 1. The Balaban J connectivity index is 1.38. The van der Waals surface area contributed by atoms with Gasteiger partial charge in [-0.3, -0.25) is 0 Å². The second kappa shape index (κ2) is 7.20. The predicted molar refractivity (Wildman–Crippen MR) is 116 cm³/mol. The number of ether oxygens (including phenoxy) is 2. The van der Waals surface area contributed by atoms with E-state index in [1.807, 2.05) is 6.08 Å². The molecule has 4 unspecified atom stereocenters. The highest BCUT2D eigenvalue weighted by Crippen LogP contribution is 2.67. The highest BCUT2D eigenvalue weighted by Gasteiger charge is 2.60. The number of aliphatic carboxylic acids is 1. The van der Waals surface area contributed by atoms with Crippen molar-refractivity contribution >= 4 is 5.97 Å². The van der Waals surface area contributed by atoms with Crippen LogP contribution in [0.25, 0.3) is 0 Å². The molecule has 30 heavy (non-hydrogen) atoms. The fourth-order valence-corrected chi connectivity index (χ4v) is 8.62. The molecule has 1 saturated heterocycles. The third-order valence-electron chi connectivity index (χ3n) is 10.2. The van der Waals surface area contributed by atoms with Crippen LogP contribution in [0.15, 0.2) is 23.8 Å². The lowest BCUT2D eigenvalue weighted by Gasteiger charge is -2.59. The molecule has 5 rings (SSSR count). The summed E-state index contributed by atoms with van der Waals surface area (Å²) in [6.45, 7) is 8.77. The molecule has 1 N–H and O–H groups in total. The molecular formula is C26H38O4. The van der Waals surface area contributed by atoms with Crippen LogP contribution in [0.2, 0.25) is 0 Å². The number of carboxylic acid groups (broad SMARTS) is 1. The summed E-state index contributed by atoms with van der Waals surface area (Å²) < 4.78 is 12.1. The standard InChI is InChI=1S/C26H38O4/c1-17(4-9-23(27)28)20-7-8-21-19-6-5-18-16-26(29-14-15-30-26)13-12-24(18,2)22(19)10-11-25(20,21)3/h4-5,9,17,19-22H,6-8,10-16H2,1-3H3,(H,27,28)/b9-4+/t17-,19?,20?,21?,22?,24+,25-/m1/s1. The fraction of sp³-hybridized carbons (Fsp3) is 0.808. The molecule has 0 bridgehead atoms. The van der Waals surface area contributed by atoms with Crippen LogP contribution in [0.5, 0.6) is 0 Å². The Morgan fingerprint density at radius 3 is 2.63 bits per heavy atom. The summed E-state index contributed by atoms with van der Waals surface area (Å²) in [5, 5.41) is 9.06. The second-order valence-electron chi connectivity index (χ2n) is 11.3. The number of fused-ring (bicyclic) bond motifs is 5. The van der Waals surface area contributed by atoms with Crippen molar-refractivity contribution in [3.63, 3.8) is 0 Å². The van der Waals surface area contributed by atoms with Crippen LogP contribution < -0.4 is 0 Å². The zero-order valence-corrected chi connectivity index (χ0v) is 18.9. The zero-order chi connectivity index (χ0) is 21.1. The van der Waals surface area contributed by atoms with E-state index < -0.39 is 5.97 Å². The summed E-state index contributed by atoms with van der Waals surface area (Å²) in [6, 6.07) is 0. The van der Waals surface area contributed by atoms with E-state index in [0.717, 1.165) is 43.8 Å². The maximum Gasteiger partial charge on any atom is 0.327 e. The molecule has 166 valence electrons. The van der Waals surface area contributed by atoms with E-state index in [4.69, 9.17) is 14.6 Å². The lowest BCUT2D eigenvalue weighted by Crippen LogP contribution is -2.52. The monoisotopic (exact) mass is 414 g/mol. The molecule has 0 radical (unpaired) electrons. The second-order valence-corrected chi connectivity index (χ2v) is 11.3. The van der Waals surface area contributed by atoms with Crippen molar-refractivity contribution in [2.24, 2.45) is 40.4 Å². The number of hydrogen-bond donors (Lipinski definition) is 1. The topological polar surface area (TPSA) is 55.8 Å². The third kappa shape index (κ3) is 3.04. The predicted octanol–water partition coefficient (Wildman–Crippen LogP) is 5.59. The molecule has 7 atom stereocenters. The Morgan fingerprint density at radius 1 is 1.13 bits per heavy atom. The quantitative estimate of drug-likeness (QED) is 0.483. The maximum atomic E-state index is 11.0. The zero-order valence-electron chi connectivity index (χ0n) is 18.9. The first kappa shape index (κ1) is 20.8. The van der Waals surface area contributed by atoms with Gasteiger partial charge in [-0.05, 0) is 78.9 Å². The Bertz CT molecular complexity index is 763. The Labute approximate surface area is 181 Å². The van der Waals surface area contributed by atoms with Crippen LogP contribution in [-0.4, -0.2) is 30.1 Å². The van der Waals surface area contributed by atoms with Crippen LogP contribution in [0.4, 0.5) is 0 Å². The lowest BCUT2D eigenvalue weighted by molar-refractivity contribution is -0.185. The van der Waals surface area contributed by atoms with Crippen LogP contribution in [0.3, 0.4) is 0 Å². The van der Waals surface area contributed by atoms with Gasteiger partial charge in [-0.1, -0.05) is 38.5 Å². The molecule has 4 fully saturated rings. The molecule has 4 heteroatoms. The van der Waals surface area contributed by atoms with Gasteiger partial charge in [-0.25, -0.2) is 4.79 Å². The van der Waals surface area contributed by atoms with Gasteiger partial charge in [0.2, 0.25) is 0 Å². The van der Waals surface area contributed by atoms with Crippen molar-refractivity contribution in [3.8, 4) is 0 Å². The molecule has 1 heterocycles. The van der Waals surface area contributed by atoms with Crippen molar-refractivity contribution in [3.05, 3.63) is 23.8 Å². The molecule has 4 aliphatic carbocycles. The molecule has 0 amide bonds. The van der Waals surface area contributed by atoms with Crippen molar-refractivity contribution < 1.29 is 19.4 Å².